The van der Waals surface area contributed by atoms with Crippen LogP contribution in [0.2, 0.25) is 10.2 Å². The van der Waals surface area contributed by atoms with Gasteiger partial charge in [-0.25, -0.2) is 4.98 Å². The number of halogens is 2. The maximum Gasteiger partial charge on any atom is 0.294 e. The average molecular weight is 348 g/mol. The monoisotopic (exact) mass is 347 g/mol. The number of carbonyl (C=O) groups is 1. The molecule has 2 heterocycles. The van der Waals surface area contributed by atoms with Gasteiger partial charge in [-0.2, -0.15) is 0 Å². The van der Waals surface area contributed by atoms with E-state index < -0.39 is 5.91 Å². The third-order valence-corrected chi connectivity index (χ3v) is 3.62. The van der Waals surface area contributed by atoms with E-state index in [1.54, 1.807) is 30.3 Å². The lowest BCUT2D eigenvalue weighted by Gasteiger charge is -2.05. The standard InChI is InChI=1S/C16H11Cl2N3O2/c1-9-5-15(18)19-8-13(9)20-16(22)14-7-12(21-23-14)10-3-2-4-11(17)6-10/h2-8H,1H3,(H,20,22). The number of aryl methyl sites for hydroxylation is 1. The summed E-state index contributed by atoms with van der Waals surface area (Å²) in [6.45, 7) is 1.82. The zero-order chi connectivity index (χ0) is 16.4. The van der Waals surface area contributed by atoms with Crippen LogP contribution in [0, 0.1) is 6.92 Å². The molecule has 0 spiro atoms. The van der Waals surface area contributed by atoms with Crippen LogP contribution in [0.25, 0.3) is 11.3 Å². The number of hydrogen-bond acceptors (Lipinski definition) is 4. The molecule has 5 nitrogen and oxygen atoms in total. The molecule has 0 aliphatic heterocycles. The Hall–Kier alpha value is -2.37. The Balaban J connectivity index is 1.81. The van der Waals surface area contributed by atoms with E-state index in [-0.39, 0.29) is 5.76 Å². The molecule has 23 heavy (non-hydrogen) atoms. The molecule has 0 aliphatic carbocycles. The Labute approximate surface area is 142 Å². The van der Waals surface area contributed by atoms with Crippen LogP contribution in [-0.4, -0.2) is 16.0 Å². The van der Waals surface area contributed by atoms with Gasteiger partial charge in [-0.1, -0.05) is 40.5 Å². The maximum atomic E-state index is 12.2. The van der Waals surface area contributed by atoms with Crippen LogP contribution < -0.4 is 5.32 Å². The number of rotatable bonds is 3. The number of benzene rings is 1. The molecule has 116 valence electrons. The van der Waals surface area contributed by atoms with Gasteiger partial charge in [0.05, 0.1) is 11.9 Å². The van der Waals surface area contributed by atoms with Crippen molar-refractivity contribution in [2.75, 3.05) is 5.32 Å². The first-order valence-electron chi connectivity index (χ1n) is 6.69. The van der Waals surface area contributed by atoms with Crippen LogP contribution in [0.3, 0.4) is 0 Å². The van der Waals surface area contributed by atoms with Crippen molar-refractivity contribution < 1.29 is 9.32 Å². The SMILES string of the molecule is Cc1cc(Cl)ncc1NC(=O)c1cc(-c2cccc(Cl)c2)no1. The zero-order valence-electron chi connectivity index (χ0n) is 12.0. The molecular weight excluding hydrogens is 337 g/mol. The largest absolute Gasteiger partial charge is 0.350 e. The van der Waals surface area contributed by atoms with Gasteiger partial charge in [0.2, 0.25) is 5.76 Å². The molecule has 0 fully saturated rings. The quantitative estimate of drug-likeness (QED) is 0.702. The fraction of sp³-hybridized carbons (Fsp3) is 0.0625. The van der Waals surface area contributed by atoms with Gasteiger partial charge in [-0.15, -0.1) is 0 Å². The predicted molar refractivity (Wildman–Crippen MR) is 88.9 cm³/mol. The molecule has 0 saturated heterocycles. The van der Waals surface area contributed by atoms with Crippen LogP contribution in [0.1, 0.15) is 16.1 Å². The summed E-state index contributed by atoms with van der Waals surface area (Å²) in [5, 5.41) is 7.55. The smallest absolute Gasteiger partial charge is 0.294 e. The first-order chi connectivity index (χ1) is 11.0. The number of amides is 1. The highest BCUT2D eigenvalue weighted by Crippen LogP contribution is 2.23. The molecule has 0 saturated carbocycles. The minimum absolute atomic E-state index is 0.0920. The van der Waals surface area contributed by atoms with E-state index >= 15 is 0 Å². The second-order valence-corrected chi connectivity index (χ2v) is 5.69. The lowest BCUT2D eigenvalue weighted by atomic mass is 10.1. The molecule has 2 aromatic heterocycles. The van der Waals surface area contributed by atoms with E-state index in [2.05, 4.69) is 15.5 Å². The molecule has 0 bridgehead atoms. The minimum Gasteiger partial charge on any atom is -0.350 e. The summed E-state index contributed by atoms with van der Waals surface area (Å²) in [4.78, 5) is 16.2. The van der Waals surface area contributed by atoms with Crippen molar-refractivity contribution in [3.05, 3.63) is 64.1 Å². The van der Waals surface area contributed by atoms with E-state index in [9.17, 15) is 4.79 Å². The molecule has 3 rings (SSSR count). The van der Waals surface area contributed by atoms with Gasteiger partial charge in [0.1, 0.15) is 10.8 Å². The van der Waals surface area contributed by atoms with Gasteiger partial charge >= 0.3 is 0 Å². The average Bonchev–Trinajstić information content (AvgIpc) is 3.00. The summed E-state index contributed by atoms with van der Waals surface area (Å²) < 4.78 is 5.10. The molecule has 3 aromatic rings. The Bertz CT molecular complexity index is 877. The van der Waals surface area contributed by atoms with Crippen molar-refractivity contribution in [1.82, 2.24) is 10.1 Å². The van der Waals surface area contributed by atoms with Gasteiger partial charge in [-0.3, -0.25) is 4.79 Å². The number of nitrogens with one attached hydrogen (secondary N) is 1. The molecule has 1 aromatic carbocycles. The van der Waals surface area contributed by atoms with Crippen molar-refractivity contribution in [2.24, 2.45) is 0 Å². The van der Waals surface area contributed by atoms with E-state index in [4.69, 9.17) is 27.7 Å². The second kappa shape index (κ2) is 6.40. The highest BCUT2D eigenvalue weighted by atomic mass is 35.5. The van der Waals surface area contributed by atoms with Crippen molar-refractivity contribution >= 4 is 34.8 Å². The number of hydrogen-bond donors (Lipinski definition) is 1. The van der Waals surface area contributed by atoms with Gasteiger partial charge in [0.15, 0.2) is 0 Å². The topological polar surface area (TPSA) is 68.0 Å². The summed E-state index contributed by atoms with van der Waals surface area (Å²) in [7, 11) is 0. The highest BCUT2D eigenvalue weighted by Gasteiger charge is 2.15. The minimum atomic E-state index is -0.419. The van der Waals surface area contributed by atoms with E-state index in [0.29, 0.717) is 21.6 Å². The lowest BCUT2D eigenvalue weighted by molar-refractivity contribution is 0.0988. The van der Waals surface area contributed by atoms with Crippen LogP contribution in [0.15, 0.2) is 47.1 Å². The van der Waals surface area contributed by atoms with Crippen LogP contribution >= 0.6 is 23.2 Å². The fourth-order valence-electron chi connectivity index (χ4n) is 2.00. The van der Waals surface area contributed by atoms with Crippen molar-refractivity contribution in [2.45, 2.75) is 6.92 Å². The van der Waals surface area contributed by atoms with E-state index in [1.165, 1.54) is 6.20 Å². The summed E-state index contributed by atoms with van der Waals surface area (Å²) in [6.07, 6.45) is 1.49. The van der Waals surface area contributed by atoms with Crippen molar-refractivity contribution in [3.63, 3.8) is 0 Å². The Kier molecular flexibility index (Phi) is 4.32. The third-order valence-electron chi connectivity index (χ3n) is 3.18. The van der Waals surface area contributed by atoms with Crippen LogP contribution in [0.4, 0.5) is 5.69 Å². The Morgan fingerprint density at radius 1 is 1.22 bits per heavy atom. The maximum absolute atomic E-state index is 12.2. The van der Waals surface area contributed by atoms with E-state index in [0.717, 1.165) is 11.1 Å². The number of anilines is 1. The van der Waals surface area contributed by atoms with Crippen LogP contribution in [0.5, 0.6) is 0 Å². The molecule has 0 aliphatic rings. The number of nitrogens with zero attached hydrogens (tertiary/aromatic N) is 2. The lowest BCUT2D eigenvalue weighted by Crippen LogP contribution is -2.12. The summed E-state index contributed by atoms with van der Waals surface area (Å²) in [5.41, 5.74) is 2.65. The fourth-order valence-corrected chi connectivity index (χ4v) is 2.41. The number of carbonyl (C=O) groups excluding carboxylic acids is 1. The number of pyridine rings is 1. The molecular formula is C16H11Cl2N3O2. The van der Waals surface area contributed by atoms with Crippen LogP contribution in [-0.2, 0) is 0 Å². The van der Waals surface area contributed by atoms with E-state index in [1.807, 2.05) is 13.0 Å². The van der Waals surface area contributed by atoms with Gasteiger partial charge < -0.3 is 9.84 Å². The first kappa shape index (κ1) is 15.5. The third kappa shape index (κ3) is 3.52. The normalized spacial score (nSPS) is 10.6. The van der Waals surface area contributed by atoms with Crippen molar-refractivity contribution in [3.8, 4) is 11.3 Å². The molecule has 7 heteroatoms. The first-order valence-corrected chi connectivity index (χ1v) is 7.44. The van der Waals surface area contributed by atoms with Crippen molar-refractivity contribution in [1.29, 1.82) is 0 Å². The molecule has 0 unspecified atom stereocenters. The summed E-state index contributed by atoms with van der Waals surface area (Å²) in [5.74, 6) is -0.327. The summed E-state index contributed by atoms with van der Waals surface area (Å²) in [6, 6.07) is 10.4. The Morgan fingerprint density at radius 3 is 2.78 bits per heavy atom. The second-order valence-electron chi connectivity index (χ2n) is 4.86. The number of aromatic nitrogens is 2. The Morgan fingerprint density at radius 2 is 2.04 bits per heavy atom. The van der Waals surface area contributed by atoms with Gasteiger partial charge in [-0.05, 0) is 30.7 Å². The molecule has 1 N–H and O–H groups in total. The molecule has 1 amide bonds. The van der Waals surface area contributed by atoms with Gasteiger partial charge in [0.25, 0.3) is 5.91 Å². The predicted octanol–water partition coefficient (Wildman–Crippen LogP) is 4.60. The molecule has 0 radical (unpaired) electrons. The van der Waals surface area contributed by atoms with Gasteiger partial charge in [0, 0.05) is 16.7 Å². The molecule has 0 atom stereocenters. The highest BCUT2D eigenvalue weighted by molar-refractivity contribution is 6.30. The summed E-state index contributed by atoms with van der Waals surface area (Å²) >= 11 is 11.7. The zero-order valence-corrected chi connectivity index (χ0v) is 13.5.